The Balaban J connectivity index is 2.07. The fourth-order valence-corrected chi connectivity index (χ4v) is 3.25. The number of rotatable bonds is 7. The second-order valence-corrected chi connectivity index (χ2v) is 6.97. The molecule has 2 rings (SSSR count). The number of alkyl halides is 3. The lowest BCUT2D eigenvalue weighted by Gasteiger charge is -2.24. The van der Waals surface area contributed by atoms with Gasteiger partial charge >= 0.3 is 6.18 Å². The van der Waals surface area contributed by atoms with Crippen molar-refractivity contribution in [2.45, 2.75) is 62.9 Å². The van der Waals surface area contributed by atoms with Crippen molar-refractivity contribution in [2.24, 2.45) is 5.73 Å². The molecule has 1 aliphatic carbocycles. The topological polar surface area (TPSA) is 88.2 Å². The normalized spacial score (nSPS) is 19.2. The van der Waals surface area contributed by atoms with Gasteiger partial charge in [0.05, 0.1) is 12.1 Å². The summed E-state index contributed by atoms with van der Waals surface area (Å²) in [6, 6.07) is -1.94. The molecule has 0 aromatic carbocycles. The van der Waals surface area contributed by atoms with Gasteiger partial charge in [0.2, 0.25) is 5.91 Å². The Morgan fingerprint density at radius 2 is 2.22 bits per heavy atom. The summed E-state index contributed by atoms with van der Waals surface area (Å²) in [7, 11) is 0. The van der Waals surface area contributed by atoms with Crippen LogP contribution >= 0.6 is 11.3 Å². The van der Waals surface area contributed by atoms with Crippen LogP contribution in [-0.4, -0.2) is 34.3 Å². The molecule has 1 unspecified atom stereocenters. The summed E-state index contributed by atoms with van der Waals surface area (Å²) in [6.07, 6.45) is -3.39. The lowest BCUT2D eigenvalue weighted by molar-refractivity contribution is -0.140. The lowest BCUT2D eigenvalue weighted by Crippen LogP contribution is -2.46. The van der Waals surface area contributed by atoms with Crippen LogP contribution < -0.4 is 11.1 Å². The van der Waals surface area contributed by atoms with E-state index in [2.05, 4.69) is 10.3 Å². The van der Waals surface area contributed by atoms with E-state index in [1.54, 1.807) is 6.20 Å². The van der Waals surface area contributed by atoms with E-state index < -0.39 is 43.1 Å². The van der Waals surface area contributed by atoms with Crippen LogP contribution in [0.2, 0.25) is 0 Å². The Morgan fingerprint density at radius 1 is 1.57 bits per heavy atom. The maximum atomic E-state index is 12.5. The molecule has 0 bridgehead atoms. The number of hydrogen-bond acceptors (Lipinski definition) is 5. The number of nitrogens with two attached hydrogens (primary N) is 1. The Morgan fingerprint density at radius 3 is 2.74 bits per heavy atom. The molecule has 5 nitrogen and oxygen atoms in total. The highest BCUT2D eigenvalue weighted by Crippen LogP contribution is 2.43. The molecule has 3 atom stereocenters. The minimum atomic E-state index is -4.36. The summed E-state index contributed by atoms with van der Waals surface area (Å²) < 4.78 is 37.4. The van der Waals surface area contributed by atoms with E-state index in [0.717, 1.165) is 17.7 Å². The first-order valence-corrected chi connectivity index (χ1v) is 8.25. The number of aromatic nitrogens is 1. The molecule has 1 heterocycles. The molecular formula is C14H20F3N3O2S. The molecule has 130 valence electrons. The van der Waals surface area contributed by atoms with Crippen molar-refractivity contribution in [2.75, 3.05) is 0 Å². The predicted molar refractivity (Wildman–Crippen MR) is 79.9 cm³/mol. The number of nitrogens with one attached hydrogen (secondary N) is 1. The summed E-state index contributed by atoms with van der Waals surface area (Å²) in [5, 5.41) is 13.1. The van der Waals surface area contributed by atoms with Crippen LogP contribution in [0.5, 0.6) is 0 Å². The molecule has 0 aliphatic heterocycles. The SMILES string of the molecule is C[C@H](N)C(=O)N[C@@H](CCC(F)(F)F)C(O)c1ncc(C2CC2)s1. The molecule has 0 radical (unpaired) electrons. The van der Waals surface area contributed by atoms with Crippen molar-refractivity contribution in [1.82, 2.24) is 10.3 Å². The number of carbonyl (C=O) groups excluding carboxylic acids is 1. The zero-order chi connectivity index (χ0) is 17.2. The third kappa shape index (κ3) is 5.43. The average molecular weight is 351 g/mol. The minimum Gasteiger partial charge on any atom is -0.384 e. The number of nitrogens with zero attached hydrogens (tertiary/aromatic N) is 1. The van der Waals surface area contributed by atoms with E-state index in [4.69, 9.17) is 5.73 Å². The van der Waals surface area contributed by atoms with Gasteiger partial charge in [-0.1, -0.05) is 0 Å². The fraction of sp³-hybridized carbons (Fsp3) is 0.714. The second-order valence-electron chi connectivity index (χ2n) is 5.88. The molecule has 4 N–H and O–H groups in total. The Kier molecular flexibility index (Phi) is 5.64. The van der Waals surface area contributed by atoms with E-state index in [1.807, 2.05) is 0 Å². The van der Waals surface area contributed by atoms with E-state index in [1.165, 1.54) is 18.3 Å². The molecule has 0 spiro atoms. The highest BCUT2D eigenvalue weighted by atomic mass is 32.1. The van der Waals surface area contributed by atoms with Crippen LogP contribution in [0, 0.1) is 0 Å². The average Bonchev–Trinajstić information content (AvgIpc) is 3.19. The number of aliphatic hydroxyl groups is 1. The first-order chi connectivity index (χ1) is 10.7. The molecular weight excluding hydrogens is 331 g/mol. The van der Waals surface area contributed by atoms with Gasteiger partial charge in [0.1, 0.15) is 11.1 Å². The number of hydrogen-bond donors (Lipinski definition) is 3. The largest absolute Gasteiger partial charge is 0.389 e. The number of carbonyl (C=O) groups is 1. The zero-order valence-corrected chi connectivity index (χ0v) is 13.5. The third-order valence-electron chi connectivity index (χ3n) is 3.64. The molecule has 1 aromatic heterocycles. The Labute approximate surface area is 136 Å². The van der Waals surface area contributed by atoms with Gasteiger partial charge in [-0.2, -0.15) is 13.2 Å². The van der Waals surface area contributed by atoms with Gasteiger partial charge in [0.25, 0.3) is 0 Å². The van der Waals surface area contributed by atoms with Gasteiger partial charge in [-0.05, 0) is 32.1 Å². The van der Waals surface area contributed by atoms with Crippen molar-refractivity contribution in [3.05, 3.63) is 16.1 Å². The monoisotopic (exact) mass is 351 g/mol. The summed E-state index contributed by atoms with van der Waals surface area (Å²) in [5.41, 5.74) is 5.43. The Bertz CT molecular complexity index is 544. The van der Waals surface area contributed by atoms with Gasteiger partial charge in [-0.3, -0.25) is 4.79 Å². The van der Waals surface area contributed by atoms with E-state index in [0.29, 0.717) is 10.9 Å². The van der Waals surface area contributed by atoms with Crippen molar-refractivity contribution in [3.8, 4) is 0 Å². The summed E-state index contributed by atoms with van der Waals surface area (Å²) in [5.74, 6) is -0.157. The van der Waals surface area contributed by atoms with Crippen LogP contribution in [0.3, 0.4) is 0 Å². The number of halogens is 3. The zero-order valence-electron chi connectivity index (χ0n) is 12.6. The van der Waals surface area contributed by atoms with Gasteiger partial charge in [0, 0.05) is 17.5 Å². The Hall–Kier alpha value is -1.19. The second kappa shape index (κ2) is 7.14. The van der Waals surface area contributed by atoms with Crippen LogP contribution in [0.15, 0.2) is 6.20 Å². The third-order valence-corrected chi connectivity index (χ3v) is 4.87. The highest BCUT2D eigenvalue weighted by molar-refractivity contribution is 7.11. The smallest absolute Gasteiger partial charge is 0.384 e. The summed E-state index contributed by atoms with van der Waals surface area (Å²) in [6.45, 7) is 1.43. The van der Waals surface area contributed by atoms with Crippen molar-refractivity contribution in [3.63, 3.8) is 0 Å². The molecule has 1 fully saturated rings. The quantitative estimate of drug-likeness (QED) is 0.703. The van der Waals surface area contributed by atoms with Gasteiger partial charge in [-0.15, -0.1) is 11.3 Å². The lowest BCUT2D eigenvalue weighted by atomic mass is 10.0. The van der Waals surface area contributed by atoms with E-state index in [9.17, 15) is 23.1 Å². The number of aliphatic hydroxyl groups excluding tert-OH is 1. The van der Waals surface area contributed by atoms with Crippen LogP contribution in [-0.2, 0) is 4.79 Å². The summed E-state index contributed by atoms with van der Waals surface area (Å²) in [4.78, 5) is 16.8. The van der Waals surface area contributed by atoms with Gasteiger partial charge < -0.3 is 16.2 Å². The molecule has 0 saturated heterocycles. The van der Waals surface area contributed by atoms with Crippen LogP contribution in [0.1, 0.15) is 54.5 Å². The molecule has 1 aromatic rings. The highest BCUT2D eigenvalue weighted by Gasteiger charge is 2.34. The first kappa shape index (κ1) is 18.2. The van der Waals surface area contributed by atoms with Crippen LogP contribution in [0.4, 0.5) is 13.2 Å². The standard InChI is InChI=1S/C14H20F3N3O2S/c1-7(18)12(22)20-9(4-5-14(15,16)17)11(21)13-19-6-10(23-13)8-2-3-8/h6-9,11,21H,2-5,18H2,1H3,(H,20,22)/t7-,9-,11?/m0/s1. The van der Waals surface area contributed by atoms with Crippen LogP contribution in [0.25, 0.3) is 0 Å². The maximum Gasteiger partial charge on any atom is 0.389 e. The minimum absolute atomic E-state index is 0.323. The molecule has 1 saturated carbocycles. The van der Waals surface area contributed by atoms with E-state index in [-0.39, 0.29) is 0 Å². The first-order valence-electron chi connectivity index (χ1n) is 7.44. The molecule has 1 amide bonds. The van der Waals surface area contributed by atoms with Crippen molar-refractivity contribution >= 4 is 17.2 Å². The van der Waals surface area contributed by atoms with Gasteiger partial charge in [0.15, 0.2) is 0 Å². The predicted octanol–water partition coefficient (Wildman–Crippen LogP) is 2.23. The summed E-state index contributed by atoms with van der Waals surface area (Å²) >= 11 is 1.28. The molecule has 23 heavy (non-hydrogen) atoms. The molecule has 9 heteroatoms. The van der Waals surface area contributed by atoms with E-state index >= 15 is 0 Å². The number of thiazole rings is 1. The van der Waals surface area contributed by atoms with Crippen molar-refractivity contribution < 1.29 is 23.1 Å². The molecule has 1 aliphatic rings. The maximum absolute atomic E-state index is 12.5. The van der Waals surface area contributed by atoms with Crippen molar-refractivity contribution in [1.29, 1.82) is 0 Å². The number of amides is 1. The fourth-order valence-electron chi connectivity index (χ4n) is 2.11. The van der Waals surface area contributed by atoms with Gasteiger partial charge in [-0.25, -0.2) is 4.98 Å².